The Morgan fingerprint density at radius 2 is 2.27 bits per heavy atom. The lowest BCUT2D eigenvalue weighted by Gasteiger charge is -2.02. The van der Waals surface area contributed by atoms with E-state index >= 15 is 0 Å². The van der Waals surface area contributed by atoms with Crippen molar-refractivity contribution in [2.45, 2.75) is 6.42 Å². The number of amides is 1. The third kappa shape index (κ3) is 2.01. The van der Waals surface area contributed by atoms with Crippen molar-refractivity contribution in [1.29, 1.82) is 0 Å². The Morgan fingerprint density at radius 3 is 2.93 bits per heavy atom. The summed E-state index contributed by atoms with van der Waals surface area (Å²) in [7, 11) is 0. The number of hydrogen-bond donors (Lipinski definition) is 1. The molecule has 0 aliphatic carbocycles. The largest absolute Gasteiger partial charge is 0.364 e. The van der Waals surface area contributed by atoms with Gasteiger partial charge >= 0.3 is 0 Å². The van der Waals surface area contributed by atoms with Crippen molar-refractivity contribution in [2.75, 3.05) is 0 Å². The monoisotopic (exact) mass is 203 g/mol. The van der Waals surface area contributed by atoms with Crippen molar-refractivity contribution >= 4 is 5.91 Å². The van der Waals surface area contributed by atoms with Crippen molar-refractivity contribution < 1.29 is 9.32 Å². The lowest BCUT2D eigenvalue weighted by molar-refractivity contribution is 0.0994. The van der Waals surface area contributed by atoms with E-state index in [1.807, 2.05) is 0 Å². The zero-order valence-corrected chi connectivity index (χ0v) is 7.88. The third-order valence-corrected chi connectivity index (χ3v) is 1.98. The maximum atomic E-state index is 11.1. The minimum atomic E-state index is -0.537. The van der Waals surface area contributed by atoms with Crippen LogP contribution >= 0.6 is 0 Å². The van der Waals surface area contributed by atoms with Crippen molar-refractivity contribution in [3.8, 4) is 0 Å². The summed E-state index contributed by atoms with van der Waals surface area (Å²) >= 11 is 0. The lowest BCUT2D eigenvalue weighted by atomic mass is 10.1. The first-order valence-electron chi connectivity index (χ1n) is 4.40. The van der Waals surface area contributed by atoms with E-state index in [-0.39, 0.29) is 5.69 Å². The second-order valence-corrected chi connectivity index (χ2v) is 3.03. The van der Waals surface area contributed by atoms with E-state index in [2.05, 4.69) is 10.1 Å². The van der Waals surface area contributed by atoms with E-state index in [1.165, 1.54) is 6.20 Å². The smallest absolute Gasteiger partial charge is 0.267 e. The Labute approximate surface area is 85.9 Å². The average Bonchev–Trinajstić information content (AvgIpc) is 2.71. The molecule has 2 heterocycles. The van der Waals surface area contributed by atoms with Crippen LogP contribution in [0.15, 0.2) is 35.1 Å². The Morgan fingerprint density at radius 1 is 1.40 bits per heavy atom. The SMILES string of the molecule is NC(=O)c1ncccc1Cc1ccno1. The van der Waals surface area contributed by atoms with E-state index in [4.69, 9.17) is 10.3 Å². The number of pyridine rings is 1. The number of carbonyl (C=O) groups excluding carboxylic acids is 1. The minimum Gasteiger partial charge on any atom is -0.364 e. The summed E-state index contributed by atoms with van der Waals surface area (Å²) in [6, 6.07) is 5.27. The van der Waals surface area contributed by atoms with Crippen LogP contribution in [-0.4, -0.2) is 16.0 Å². The van der Waals surface area contributed by atoms with E-state index in [1.54, 1.807) is 24.4 Å². The van der Waals surface area contributed by atoms with E-state index in [0.29, 0.717) is 12.2 Å². The molecular weight excluding hydrogens is 194 g/mol. The van der Waals surface area contributed by atoms with E-state index in [9.17, 15) is 4.79 Å². The second-order valence-electron chi connectivity index (χ2n) is 3.03. The van der Waals surface area contributed by atoms with Crippen LogP contribution in [0, 0.1) is 0 Å². The van der Waals surface area contributed by atoms with Gasteiger partial charge in [0.2, 0.25) is 0 Å². The lowest BCUT2D eigenvalue weighted by Crippen LogP contribution is -2.15. The maximum Gasteiger partial charge on any atom is 0.267 e. The Bertz CT molecular complexity index is 465. The van der Waals surface area contributed by atoms with Crippen molar-refractivity contribution in [1.82, 2.24) is 10.1 Å². The number of nitrogens with two attached hydrogens (primary N) is 1. The molecule has 0 fully saturated rings. The predicted octanol–water partition coefficient (Wildman–Crippen LogP) is 0.759. The molecule has 2 aromatic rings. The Hall–Kier alpha value is -2.17. The molecule has 1 amide bonds. The summed E-state index contributed by atoms with van der Waals surface area (Å²) < 4.78 is 4.94. The minimum absolute atomic E-state index is 0.272. The summed E-state index contributed by atoms with van der Waals surface area (Å²) in [5.74, 6) is 0.135. The van der Waals surface area contributed by atoms with Gasteiger partial charge in [0.25, 0.3) is 5.91 Å². The number of nitrogens with zero attached hydrogens (tertiary/aromatic N) is 2. The van der Waals surface area contributed by atoms with Gasteiger partial charge in [0.15, 0.2) is 0 Å². The molecular formula is C10H9N3O2. The molecule has 2 aromatic heterocycles. The molecule has 0 spiro atoms. The van der Waals surface area contributed by atoms with Crippen LogP contribution in [0.5, 0.6) is 0 Å². The van der Waals surface area contributed by atoms with Gasteiger partial charge in [-0.1, -0.05) is 11.2 Å². The van der Waals surface area contributed by atoms with Crippen LogP contribution < -0.4 is 5.73 Å². The van der Waals surface area contributed by atoms with Gasteiger partial charge in [0, 0.05) is 18.7 Å². The molecule has 76 valence electrons. The van der Waals surface area contributed by atoms with Gasteiger partial charge in [0.1, 0.15) is 11.5 Å². The molecule has 0 aliphatic rings. The van der Waals surface area contributed by atoms with Crippen molar-refractivity contribution in [3.05, 3.63) is 47.6 Å². The molecule has 0 aliphatic heterocycles. The number of aromatic nitrogens is 2. The topological polar surface area (TPSA) is 82.0 Å². The molecule has 0 saturated heterocycles. The van der Waals surface area contributed by atoms with Gasteiger partial charge in [-0.05, 0) is 11.6 Å². The highest BCUT2D eigenvalue weighted by atomic mass is 16.5. The molecule has 15 heavy (non-hydrogen) atoms. The van der Waals surface area contributed by atoms with Crippen molar-refractivity contribution in [3.63, 3.8) is 0 Å². The first-order valence-corrected chi connectivity index (χ1v) is 4.40. The van der Waals surface area contributed by atoms with Gasteiger partial charge in [-0.3, -0.25) is 9.78 Å². The molecule has 0 saturated carbocycles. The average molecular weight is 203 g/mol. The zero-order chi connectivity index (χ0) is 10.7. The highest BCUT2D eigenvalue weighted by Crippen LogP contribution is 2.11. The molecule has 5 nitrogen and oxygen atoms in total. The Balaban J connectivity index is 2.32. The molecule has 0 radical (unpaired) electrons. The number of carbonyl (C=O) groups is 1. The second kappa shape index (κ2) is 3.91. The molecule has 0 unspecified atom stereocenters. The molecule has 0 bridgehead atoms. The van der Waals surface area contributed by atoms with Crippen molar-refractivity contribution in [2.24, 2.45) is 5.73 Å². The summed E-state index contributed by atoms with van der Waals surface area (Å²) in [4.78, 5) is 15.0. The fourth-order valence-electron chi connectivity index (χ4n) is 1.32. The molecule has 2 rings (SSSR count). The number of rotatable bonds is 3. The van der Waals surface area contributed by atoms with Gasteiger partial charge < -0.3 is 10.3 Å². The van der Waals surface area contributed by atoms with E-state index < -0.39 is 5.91 Å². The number of primary amides is 1. The summed E-state index contributed by atoms with van der Waals surface area (Å²) in [6.07, 6.45) is 3.55. The molecule has 0 aromatic carbocycles. The zero-order valence-electron chi connectivity index (χ0n) is 7.88. The van der Waals surface area contributed by atoms with E-state index in [0.717, 1.165) is 5.56 Å². The number of hydrogen-bond acceptors (Lipinski definition) is 4. The van der Waals surface area contributed by atoms with Crippen LogP contribution in [0.4, 0.5) is 0 Å². The summed E-state index contributed by atoms with van der Waals surface area (Å²) in [5, 5.41) is 3.58. The highest BCUT2D eigenvalue weighted by Gasteiger charge is 2.10. The molecule has 0 atom stereocenters. The Kier molecular flexibility index (Phi) is 2.45. The quantitative estimate of drug-likeness (QED) is 0.798. The first kappa shape index (κ1) is 9.39. The van der Waals surface area contributed by atoms with Gasteiger partial charge in [-0.15, -0.1) is 0 Å². The van der Waals surface area contributed by atoms with Crippen LogP contribution in [0.3, 0.4) is 0 Å². The van der Waals surface area contributed by atoms with Crippen LogP contribution in [0.1, 0.15) is 21.8 Å². The van der Waals surface area contributed by atoms with Crippen LogP contribution in [0.2, 0.25) is 0 Å². The van der Waals surface area contributed by atoms with Gasteiger partial charge in [0.05, 0.1) is 6.20 Å². The highest BCUT2D eigenvalue weighted by molar-refractivity contribution is 5.92. The normalized spacial score (nSPS) is 10.1. The van der Waals surface area contributed by atoms with Gasteiger partial charge in [-0.25, -0.2) is 0 Å². The standard InChI is InChI=1S/C10H9N3O2/c11-10(14)9-7(2-1-4-12-9)6-8-3-5-13-15-8/h1-5H,6H2,(H2,11,14). The van der Waals surface area contributed by atoms with Crippen LogP contribution in [0.25, 0.3) is 0 Å². The fraction of sp³-hybridized carbons (Fsp3) is 0.100. The van der Waals surface area contributed by atoms with Gasteiger partial charge in [-0.2, -0.15) is 0 Å². The predicted molar refractivity (Wildman–Crippen MR) is 52.1 cm³/mol. The maximum absolute atomic E-state index is 11.1. The third-order valence-electron chi connectivity index (χ3n) is 1.98. The molecule has 5 heteroatoms. The summed E-state index contributed by atoms with van der Waals surface area (Å²) in [5.41, 5.74) is 6.21. The fourth-order valence-corrected chi connectivity index (χ4v) is 1.32. The van der Waals surface area contributed by atoms with Crippen LogP contribution in [-0.2, 0) is 6.42 Å². The first-order chi connectivity index (χ1) is 7.27. The molecule has 2 N–H and O–H groups in total. The summed E-state index contributed by atoms with van der Waals surface area (Å²) in [6.45, 7) is 0.